The summed E-state index contributed by atoms with van der Waals surface area (Å²) < 4.78 is 28.4. The number of anilines is 2. The normalized spacial score (nSPS) is 16.4. The molecule has 3 rings (SSSR count). The van der Waals surface area contributed by atoms with Crippen molar-refractivity contribution >= 4 is 33.4 Å². The van der Waals surface area contributed by atoms with E-state index in [1.54, 1.807) is 43.0 Å². The lowest BCUT2D eigenvalue weighted by atomic mass is 10.0. The molecule has 1 aliphatic heterocycles. The van der Waals surface area contributed by atoms with Gasteiger partial charge in [-0.1, -0.05) is 18.2 Å². The van der Waals surface area contributed by atoms with Crippen molar-refractivity contribution in [1.82, 2.24) is 0 Å². The number of carbonyl (C=O) groups is 2. The van der Waals surface area contributed by atoms with Crippen molar-refractivity contribution in [2.24, 2.45) is 5.14 Å². The lowest BCUT2D eigenvalue weighted by Gasteiger charge is -2.40. The quantitative estimate of drug-likeness (QED) is 0.803. The minimum Gasteiger partial charge on any atom is -0.446 e. The smallest absolute Gasteiger partial charge is 0.414 e. The van der Waals surface area contributed by atoms with E-state index in [4.69, 9.17) is 9.88 Å². The van der Waals surface area contributed by atoms with E-state index in [9.17, 15) is 18.0 Å². The summed E-state index contributed by atoms with van der Waals surface area (Å²) >= 11 is 0. The second kappa shape index (κ2) is 8.08. The number of benzene rings is 2. The molecule has 1 aliphatic rings. The predicted molar refractivity (Wildman–Crippen MR) is 115 cm³/mol. The number of nitrogens with zero attached hydrogens (tertiary/aromatic N) is 2. The number of carbonyl (C=O) groups excluding carboxylic acids is 2. The summed E-state index contributed by atoms with van der Waals surface area (Å²) in [6.45, 7) is 7.21. The zero-order valence-corrected chi connectivity index (χ0v) is 18.1. The van der Waals surface area contributed by atoms with Crippen LogP contribution in [0.2, 0.25) is 0 Å². The zero-order chi connectivity index (χ0) is 22.2. The first kappa shape index (κ1) is 21.8. The van der Waals surface area contributed by atoms with Gasteiger partial charge >= 0.3 is 6.09 Å². The standard InChI is InChI=1S/C21H25N3O5S/c1-13(2)29-21(26)23-12-14(3)24(15(4)25)19-10-7-17(11-20(19)23)16-5-8-18(9-6-16)30(22,27)28/h5-11,13-14H,12H2,1-4H3,(H2,22,27,28)/t14-/m0/s1. The minimum atomic E-state index is -3.78. The number of hydrogen-bond donors (Lipinski definition) is 1. The zero-order valence-electron chi connectivity index (χ0n) is 17.3. The summed E-state index contributed by atoms with van der Waals surface area (Å²) in [4.78, 5) is 28.2. The van der Waals surface area contributed by atoms with Gasteiger partial charge in [0.15, 0.2) is 0 Å². The minimum absolute atomic E-state index is 0.0166. The molecule has 8 nitrogen and oxygen atoms in total. The van der Waals surface area contributed by atoms with Crippen LogP contribution >= 0.6 is 0 Å². The molecule has 0 saturated carbocycles. The molecule has 0 spiro atoms. The van der Waals surface area contributed by atoms with E-state index in [1.807, 2.05) is 13.0 Å². The first-order valence-electron chi connectivity index (χ1n) is 9.54. The number of primary sulfonamides is 1. The van der Waals surface area contributed by atoms with Crippen LogP contribution in [0.3, 0.4) is 0 Å². The van der Waals surface area contributed by atoms with Crippen molar-refractivity contribution in [3.63, 3.8) is 0 Å². The predicted octanol–water partition coefficient (Wildman–Crippen LogP) is 3.11. The highest BCUT2D eigenvalue weighted by Gasteiger charge is 2.34. The third kappa shape index (κ3) is 4.31. The van der Waals surface area contributed by atoms with Gasteiger partial charge in [-0.05, 0) is 56.2 Å². The first-order valence-corrected chi connectivity index (χ1v) is 11.1. The van der Waals surface area contributed by atoms with Gasteiger partial charge in [0.25, 0.3) is 0 Å². The van der Waals surface area contributed by atoms with Crippen molar-refractivity contribution < 1.29 is 22.7 Å². The maximum Gasteiger partial charge on any atom is 0.414 e. The molecule has 0 aromatic heterocycles. The van der Waals surface area contributed by atoms with Gasteiger partial charge in [-0.2, -0.15) is 0 Å². The van der Waals surface area contributed by atoms with E-state index in [2.05, 4.69) is 0 Å². The monoisotopic (exact) mass is 431 g/mol. The Hall–Kier alpha value is -2.91. The van der Waals surface area contributed by atoms with Crippen molar-refractivity contribution in [3.05, 3.63) is 42.5 Å². The number of rotatable bonds is 3. The molecule has 2 N–H and O–H groups in total. The molecule has 160 valence electrons. The van der Waals surface area contributed by atoms with E-state index in [0.717, 1.165) is 11.1 Å². The summed E-state index contributed by atoms with van der Waals surface area (Å²) in [5.74, 6) is -0.120. The Morgan fingerprint density at radius 3 is 2.20 bits per heavy atom. The van der Waals surface area contributed by atoms with Gasteiger partial charge in [0.05, 0.1) is 28.4 Å². The van der Waals surface area contributed by atoms with Crippen LogP contribution in [-0.4, -0.2) is 39.1 Å². The van der Waals surface area contributed by atoms with E-state index < -0.39 is 16.1 Å². The molecule has 0 bridgehead atoms. The highest BCUT2D eigenvalue weighted by molar-refractivity contribution is 7.89. The molecule has 0 fully saturated rings. The second-order valence-electron chi connectivity index (χ2n) is 7.55. The second-order valence-corrected chi connectivity index (χ2v) is 9.12. The van der Waals surface area contributed by atoms with Crippen molar-refractivity contribution in [2.75, 3.05) is 16.3 Å². The van der Waals surface area contributed by atoms with Gasteiger partial charge in [-0.25, -0.2) is 18.4 Å². The number of nitrogens with two attached hydrogens (primary N) is 1. The van der Waals surface area contributed by atoms with Gasteiger partial charge in [0, 0.05) is 13.5 Å². The van der Waals surface area contributed by atoms with Crippen LogP contribution in [0, 0.1) is 0 Å². The third-order valence-corrected chi connectivity index (χ3v) is 5.75. The highest BCUT2D eigenvalue weighted by Crippen LogP contribution is 2.39. The number of amides is 2. The molecule has 1 heterocycles. The Balaban J connectivity index is 2.08. The van der Waals surface area contributed by atoms with Crippen molar-refractivity contribution in [3.8, 4) is 11.1 Å². The van der Waals surface area contributed by atoms with E-state index >= 15 is 0 Å². The van der Waals surface area contributed by atoms with E-state index in [0.29, 0.717) is 17.9 Å². The van der Waals surface area contributed by atoms with Gasteiger partial charge in [-0.3, -0.25) is 9.69 Å². The van der Waals surface area contributed by atoms with Gasteiger partial charge < -0.3 is 9.64 Å². The highest BCUT2D eigenvalue weighted by atomic mass is 32.2. The first-order chi connectivity index (χ1) is 14.0. The maximum atomic E-state index is 12.7. The molecular weight excluding hydrogens is 406 g/mol. The Morgan fingerprint density at radius 1 is 1.07 bits per heavy atom. The molecule has 0 aliphatic carbocycles. The molecule has 2 aromatic rings. The third-order valence-electron chi connectivity index (χ3n) is 4.83. The topological polar surface area (TPSA) is 110 Å². The van der Waals surface area contributed by atoms with Crippen LogP contribution < -0.4 is 14.9 Å². The molecule has 1 atom stereocenters. The van der Waals surface area contributed by atoms with Crippen LogP contribution in [0.5, 0.6) is 0 Å². The molecule has 30 heavy (non-hydrogen) atoms. The Kier molecular flexibility index (Phi) is 5.87. The maximum absolute atomic E-state index is 12.7. The van der Waals surface area contributed by atoms with Crippen LogP contribution in [0.1, 0.15) is 27.7 Å². The molecule has 0 radical (unpaired) electrons. The molecule has 2 amide bonds. The molecular formula is C21H25N3O5S. The van der Waals surface area contributed by atoms with E-state index in [1.165, 1.54) is 24.0 Å². The van der Waals surface area contributed by atoms with Crippen LogP contribution in [-0.2, 0) is 19.6 Å². The molecule has 0 unspecified atom stereocenters. The molecule has 9 heteroatoms. The summed E-state index contributed by atoms with van der Waals surface area (Å²) in [6.07, 6.45) is -0.765. The largest absolute Gasteiger partial charge is 0.446 e. The lowest BCUT2D eigenvalue weighted by molar-refractivity contribution is -0.117. The summed E-state index contributed by atoms with van der Waals surface area (Å²) in [5.41, 5.74) is 2.68. The van der Waals surface area contributed by atoms with Crippen molar-refractivity contribution in [2.45, 2.75) is 44.7 Å². The van der Waals surface area contributed by atoms with Gasteiger partial charge in [-0.15, -0.1) is 0 Å². The average molecular weight is 432 g/mol. The number of ether oxygens (including phenoxy) is 1. The molecule has 2 aromatic carbocycles. The Bertz CT molecular complexity index is 1080. The SMILES string of the molecule is CC(=O)N1c2ccc(-c3ccc(S(N)(=O)=O)cc3)cc2N(C(=O)OC(C)C)C[C@@H]1C. The fourth-order valence-electron chi connectivity index (χ4n) is 3.56. The Morgan fingerprint density at radius 2 is 1.67 bits per heavy atom. The Labute approximate surface area is 176 Å². The fraction of sp³-hybridized carbons (Fsp3) is 0.333. The molecule has 0 saturated heterocycles. The van der Waals surface area contributed by atoms with Crippen LogP contribution in [0.4, 0.5) is 16.2 Å². The van der Waals surface area contributed by atoms with Gasteiger partial charge in [0.2, 0.25) is 15.9 Å². The van der Waals surface area contributed by atoms with Crippen LogP contribution in [0.15, 0.2) is 47.4 Å². The lowest BCUT2D eigenvalue weighted by Crippen LogP contribution is -2.51. The van der Waals surface area contributed by atoms with Gasteiger partial charge in [0.1, 0.15) is 0 Å². The number of hydrogen-bond acceptors (Lipinski definition) is 5. The fourth-order valence-corrected chi connectivity index (χ4v) is 4.08. The van der Waals surface area contributed by atoms with E-state index in [-0.39, 0.29) is 22.9 Å². The van der Waals surface area contributed by atoms with Crippen LogP contribution in [0.25, 0.3) is 11.1 Å². The summed E-state index contributed by atoms with van der Waals surface area (Å²) in [7, 11) is -3.78. The average Bonchev–Trinajstić information content (AvgIpc) is 2.65. The number of fused-ring (bicyclic) bond motifs is 1. The van der Waals surface area contributed by atoms with Crippen molar-refractivity contribution in [1.29, 1.82) is 0 Å². The summed E-state index contributed by atoms with van der Waals surface area (Å²) in [5, 5.41) is 5.16. The number of sulfonamides is 1. The summed E-state index contributed by atoms with van der Waals surface area (Å²) in [6, 6.07) is 11.3.